The molecule has 1 aromatic carbocycles. The first-order chi connectivity index (χ1) is 12.1. The topological polar surface area (TPSA) is 69.0 Å². The average Bonchev–Trinajstić information content (AvgIpc) is 3.03. The number of carbonyl (C=O) groups is 1. The van der Waals surface area contributed by atoms with E-state index in [0.717, 1.165) is 28.7 Å². The third-order valence-corrected chi connectivity index (χ3v) is 3.79. The number of benzene rings is 1. The van der Waals surface area contributed by atoms with Crippen molar-refractivity contribution in [1.29, 1.82) is 0 Å². The van der Waals surface area contributed by atoms with Crippen molar-refractivity contribution in [3.63, 3.8) is 0 Å². The second kappa shape index (κ2) is 8.28. The summed E-state index contributed by atoms with van der Waals surface area (Å²) >= 11 is 0. The SMILES string of the molecule is CC.CCc1ccc(C(=O)OC)cc1Nc1cc2c(cn1)ncn2C. The molecule has 132 valence electrons. The van der Waals surface area contributed by atoms with Crippen molar-refractivity contribution in [2.24, 2.45) is 7.05 Å². The van der Waals surface area contributed by atoms with Crippen molar-refractivity contribution in [2.75, 3.05) is 12.4 Å². The van der Waals surface area contributed by atoms with Gasteiger partial charge in [0.05, 0.1) is 30.7 Å². The van der Waals surface area contributed by atoms with Crippen LogP contribution in [0.25, 0.3) is 11.0 Å². The Morgan fingerprint density at radius 3 is 2.68 bits per heavy atom. The second-order valence-electron chi connectivity index (χ2n) is 5.26. The van der Waals surface area contributed by atoms with Crippen LogP contribution in [0, 0.1) is 0 Å². The van der Waals surface area contributed by atoms with Gasteiger partial charge in [-0.15, -0.1) is 0 Å². The molecule has 3 aromatic rings. The van der Waals surface area contributed by atoms with Crippen molar-refractivity contribution < 1.29 is 9.53 Å². The number of rotatable bonds is 4. The molecule has 6 nitrogen and oxygen atoms in total. The number of aromatic nitrogens is 3. The first-order valence-electron chi connectivity index (χ1n) is 8.37. The van der Waals surface area contributed by atoms with Crippen LogP contribution in [-0.4, -0.2) is 27.6 Å². The Morgan fingerprint density at radius 2 is 2.00 bits per heavy atom. The molecular weight excluding hydrogens is 316 g/mol. The Labute approximate surface area is 147 Å². The van der Waals surface area contributed by atoms with Gasteiger partial charge in [-0.2, -0.15) is 0 Å². The molecule has 0 fully saturated rings. The monoisotopic (exact) mass is 340 g/mol. The summed E-state index contributed by atoms with van der Waals surface area (Å²) in [4.78, 5) is 20.4. The van der Waals surface area contributed by atoms with Crippen LogP contribution in [0.3, 0.4) is 0 Å². The quantitative estimate of drug-likeness (QED) is 0.725. The molecule has 2 heterocycles. The molecule has 0 spiro atoms. The van der Waals surface area contributed by atoms with E-state index in [4.69, 9.17) is 4.74 Å². The Balaban J connectivity index is 0.00000109. The van der Waals surface area contributed by atoms with Gasteiger partial charge in [-0.05, 0) is 24.1 Å². The Kier molecular flexibility index (Phi) is 6.11. The largest absolute Gasteiger partial charge is 0.465 e. The van der Waals surface area contributed by atoms with E-state index in [1.807, 2.05) is 37.6 Å². The lowest BCUT2D eigenvalue weighted by Crippen LogP contribution is -2.04. The van der Waals surface area contributed by atoms with E-state index in [1.165, 1.54) is 7.11 Å². The lowest BCUT2D eigenvalue weighted by atomic mass is 10.1. The smallest absolute Gasteiger partial charge is 0.337 e. The van der Waals surface area contributed by atoms with Gasteiger partial charge in [0.25, 0.3) is 0 Å². The Hall–Kier alpha value is -2.89. The number of hydrogen-bond donors (Lipinski definition) is 1. The summed E-state index contributed by atoms with van der Waals surface area (Å²) in [5, 5.41) is 3.29. The normalized spacial score (nSPS) is 10.1. The van der Waals surface area contributed by atoms with Crippen LogP contribution in [0.1, 0.15) is 36.7 Å². The number of fused-ring (bicyclic) bond motifs is 1. The molecule has 0 saturated carbocycles. The summed E-state index contributed by atoms with van der Waals surface area (Å²) in [5.74, 6) is 0.351. The standard InChI is InChI=1S/C17H18N4O2.C2H6/c1-4-11-5-6-12(17(22)23-3)7-13(11)20-16-8-15-14(9-18-16)19-10-21(15)2;1-2/h5-10H,4H2,1-3H3,(H,18,20);1-2H3. The molecule has 0 radical (unpaired) electrons. The van der Waals surface area contributed by atoms with Crippen LogP contribution >= 0.6 is 0 Å². The molecule has 0 saturated heterocycles. The van der Waals surface area contributed by atoms with E-state index in [2.05, 4.69) is 22.2 Å². The zero-order valence-electron chi connectivity index (χ0n) is 15.3. The average molecular weight is 340 g/mol. The van der Waals surface area contributed by atoms with E-state index in [-0.39, 0.29) is 5.97 Å². The van der Waals surface area contributed by atoms with Gasteiger partial charge < -0.3 is 14.6 Å². The molecule has 0 aliphatic heterocycles. The molecule has 0 unspecified atom stereocenters. The van der Waals surface area contributed by atoms with E-state index in [9.17, 15) is 4.79 Å². The summed E-state index contributed by atoms with van der Waals surface area (Å²) in [6.07, 6.45) is 4.33. The van der Waals surface area contributed by atoms with Gasteiger partial charge in [-0.3, -0.25) is 0 Å². The minimum absolute atomic E-state index is 0.356. The number of ether oxygens (including phenoxy) is 1. The molecule has 0 bridgehead atoms. The summed E-state index contributed by atoms with van der Waals surface area (Å²) in [7, 11) is 3.31. The summed E-state index contributed by atoms with van der Waals surface area (Å²) in [6, 6.07) is 7.43. The van der Waals surface area contributed by atoms with Crippen LogP contribution in [0.2, 0.25) is 0 Å². The van der Waals surface area contributed by atoms with Crippen LogP contribution in [0.4, 0.5) is 11.5 Å². The number of nitrogens with zero attached hydrogens (tertiary/aromatic N) is 3. The maximum absolute atomic E-state index is 11.7. The lowest BCUT2D eigenvalue weighted by molar-refractivity contribution is 0.0601. The third-order valence-electron chi connectivity index (χ3n) is 3.79. The van der Waals surface area contributed by atoms with Gasteiger partial charge >= 0.3 is 5.97 Å². The fourth-order valence-corrected chi connectivity index (χ4v) is 2.48. The maximum Gasteiger partial charge on any atom is 0.337 e. The Bertz CT molecular complexity index is 871. The number of esters is 1. The molecule has 2 aromatic heterocycles. The number of carbonyl (C=O) groups excluding carboxylic acids is 1. The highest BCUT2D eigenvalue weighted by Crippen LogP contribution is 2.24. The van der Waals surface area contributed by atoms with Gasteiger partial charge in [0, 0.05) is 18.8 Å². The van der Waals surface area contributed by atoms with Crippen molar-refractivity contribution in [1.82, 2.24) is 14.5 Å². The second-order valence-corrected chi connectivity index (χ2v) is 5.26. The number of hydrogen-bond acceptors (Lipinski definition) is 5. The molecule has 6 heteroatoms. The van der Waals surface area contributed by atoms with Crippen molar-refractivity contribution >= 4 is 28.5 Å². The van der Waals surface area contributed by atoms with Gasteiger partial charge in [0.2, 0.25) is 0 Å². The van der Waals surface area contributed by atoms with Crippen LogP contribution in [0.5, 0.6) is 0 Å². The van der Waals surface area contributed by atoms with Gasteiger partial charge in [0.1, 0.15) is 11.3 Å². The number of nitrogens with one attached hydrogen (secondary N) is 1. The van der Waals surface area contributed by atoms with Gasteiger partial charge in [-0.25, -0.2) is 14.8 Å². The van der Waals surface area contributed by atoms with E-state index < -0.39 is 0 Å². The third kappa shape index (κ3) is 3.96. The molecular formula is C19H24N4O2. The van der Waals surface area contributed by atoms with Crippen LogP contribution < -0.4 is 5.32 Å². The van der Waals surface area contributed by atoms with E-state index in [1.54, 1.807) is 24.7 Å². The fraction of sp³-hybridized carbons (Fsp3) is 0.316. The minimum Gasteiger partial charge on any atom is -0.465 e. The Morgan fingerprint density at radius 1 is 1.24 bits per heavy atom. The fourth-order valence-electron chi connectivity index (χ4n) is 2.48. The molecule has 0 atom stereocenters. The zero-order chi connectivity index (χ0) is 18.4. The number of methoxy groups -OCH3 is 1. The van der Waals surface area contributed by atoms with E-state index in [0.29, 0.717) is 11.4 Å². The minimum atomic E-state index is -0.356. The van der Waals surface area contributed by atoms with Crippen molar-refractivity contribution in [2.45, 2.75) is 27.2 Å². The van der Waals surface area contributed by atoms with Gasteiger partial charge in [0.15, 0.2) is 0 Å². The van der Waals surface area contributed by atoms with Crippen molar-refractivity contribution in [3.8, 4) is 0 Å². The van der Waals surface area contributed by atoms with Crippen molar-refractivity contribution in [3.05, 3.63) is 47.9 Å². The number of anilines is 2. The highest BCUT2D eigenvalue weighted by Gasteiger charge is 2.10. The summed E-state index contributed by atoms with van der Waals surface area (Å²) in [6.45, 7) is 6.07. The molecule has 3 rings (SSSR count). The predicted octanol–water partition coefficient (Wildman–Crippen LogP) is 4.09. The first-order valence-corrected chi connectivity index (χ1v) is 8.37. The zero-order valence-corrected chi connectivity index (χ0v) is 15.3. The maximum atomic E-state index is 11.7. The lowest BCUT2D eigenvalue weighted by Gasteiger charge is -2.12. The van der Waals surface area contributed by atoms with Gasteiger partial charge in [-0.1, -0.05) is 26.8 Å². The van der Waals surface area contributed by atoms with Crippen LogP contribution in [0.15, 0.2) is 36.8 Å². The number of aryl methyl sites for hydroxylation is 2. The predicted molar refractivity (Wildman–Crippen MR) is 100 cm³/mol. The molecule has 1 N–H and O–H groups in total. The number of pyridine rings is 1. The molecule has 0 aliphatic carbocycles. The summed E-state index contributed by atoms with van der Waals surface area (Å²) < 4.78 is 6.72. The highest BCUT2D eigenvalue weighted by molar-refractivity contribution is 5.91. The highest BCUT2D eigenvalue weighted by atomic mass is 16.5. The number of imidazole rings is 1. The first kappa shape index (κ1) is 18.4. The molecule has 0 amide bonds. The summed E-state index contributed by atoms with van der Waals surface area (Å²) in [5.41, 5.74) is 4.30. The van der Waals surface area contributed by atoms with Crippen LogP contribution in [-0.2, 0) is 18.2 Å². The molecule has 0 aliphatic rings. The van der Waals surface area contributed by atoms with E-state index >= 15 is 0 Å². The molecule has 25 heavy (non-hydrogen) atoms.